The molecular weight excluding hydrogens is 320 g/mol. The summed E-state index contributed by atoms with van der Waals surface area (Å²) in [4.78, 5) is 8.87. The summed E-state index contributed by atoms with van der Waals surface area (Å²) >= 11 is 0. The van der Waals surface area contributed by atoms with Gasteiger partial charge in [-0.05, 0) is 25.5 Å². The Morgan fingerprint density at radius 1 is 1.25 bits per heavy atom. The van der Waals surface area contributed by atoms with Gasteiger partial charge in [0.25, 0.3) is 0 Å². The van der Waals surface area contributed by atoms with Crippen molar-refractivity contribution in [2.24, 2.45) is 0 Å². The van der Waals surface area contributed by atoms with E-state index in [9.17, 15) is 4.21 Å². The summed E-state index contributed by atoms with van der Waals surface area (Å²) in [6.07, 6.45) is 3.59. The van der Waals surface area contributed by atoms with E-state index in [1.807, 2.05) is 37.4 Å². The molecule has 1 N–H and O–H groups in total. The summed E-state index contributed by atoms with van der Waals surface area (Å²) in [7, 11) is -0.876. The van der Waals surface area contributed by atoms with Crippen molar-refractivity contribution in [3.63, 3.8) is 0 Å². The van der Waals surface area contributed by atoms with Gasteiger partial charge in [0.1, 0.15) is 0 Å². The van der Waals surface area contributed by atoms with Gasteiger partial charge < -0.3 is 5.32 Å². The summed E-state index contributed by atoms with van der Waals surface area (Å²) < 4.78 is 13.8. The van der Waals surface area contributed by atoms with E-state index in [1.165, 1.54) is 0 Å². The minimum Gasteiger partial charge on any atom is -0.303 e. The van der Waals surface area contributed by atoms with E-state index in [2.05, 4.69) is 38.7 Å². The van der Waals surface area contributed by atoms with E-state index >= 15 is 0 Å². The lowest BCUT2D eigenvalue weighted by Gasteiger charge is -2.18. The van der Waals surface area contributed by atoms with Crippen molar-refractivity contribution in [1.82, 2.24) is 19.7 Å². The maximum atomic E-state index is 11.7. The van der Waals surface area contributed by atoms with Crippen LogP contribution in [0.15, 0.2) is 42.6 Å². The van der Waals surface area contributed by atoms with Crippen LogP contribution < -0.4 is 5.32 Å². The van der Waals surface area contributed by atoms with Crippen molar-refractivity contribution in [2.45, 2.75) is 26.4 Å². The van der Waals surface area contributed by atoms with E-state index in [0.29, 0.717) is 12.3 Å². The van der Waals surface area contributed by atoms with Crippen LogP contribution in [0.4, 0.5) is 0 Å². The fourth-order valence-electron chi connectivity index (χ4n) is 2.94. The van der Waals surface area contributed by atoms with Crippen LogP contribution in [0.25, 0.3) is 5.78 Å². The third-order valence-corrected chi connectivity index (χ3v) is 4.80. The highest BCUT2D eigenvalue weighted by Crippen LogP contribution is 2.16. The van der Waals surface area contributed by atoms with Gasteiger partial charge in [-0.25, -0.2) is 9.97 Å². The number of fused-ring (bicyclic) bond motifs is 1. The fourth-order valence-corrected chi connectivity index (χ4v) is 3.72. The molecule has 0 aliphatic carbocycles. The molecule has 2 heterocycles. The Hall–Kier alpha value is -2.05. The van der Waals surface area contributed by atoms with Crippen LogP contribution in [0.5, 0.6) is 0 Å². The van der Waals surface area contributed by atoms with Crippen LogP contribution in [-0.2, 0) is 17.3 Å². The molecule has 24 heavy (non-hydrogen) atoms. The highest BCUT2D eigenvalue weighted by atomic mass is 32.2. The lowest BCUT2D eigenvalue weighted by Crippen LogP contribution is -2.26. The van der Waals surface area contributed by atoms with Crippen LogP contribution in [-0.4, -0.2) is 30.6 Å². The van der Waals surface area contributed by atoms with E-state index in [4.69, 9.17) is 0 Å². The molecule has 0 radical (unpaired) electrons. The molecule has 3 rings (SSSR count). The molecule has 0 spiro atoms. The zero-order valence-corrected chi connectivity index (χ0v) is 15.0. The fraction of sp³-hybridized carbons (Fsp3) is 0.333. The average Bonchev–Trinajstić information content (AvgIpc) is 2.95. The molecule has 3 aromatic rings. The van der Waals surface area contributed by atoms with E-state index in [-0.39, 0.29) is 6.04 Å². The standard InChI is InChI=1S/C18H22N4OS/c1-13-9-14(2)22-16(11-20-18(22)21-13)10-19-17(12-24(3)23)15-7-5-4-6-8-15/h4-9,11,17,19H,10,12H2,1-3H3/t17-,24-/m1/s1. The predicted molar refractivity (Wildman–Crippen MR) is 97.4 cm³/mol. The smallest absolute Gasteiger partial charge is 0.234 e. The second-order valence-electron chi connectivity index (χ2n) is 6.01. The quantitative estimate of drug-likeness (QED) is 0.748. The van der Waals surface area contributed by atoms with Crippen molar-refractivity contribution in [2.75, 3.05) is 12.0 Å². The largest absolute Gasteiger partial charge is 0.303 e. The maximum Gasteiger partial charge on any atom is 0.234 e. The molecule has 5 nitrogen and oxygen atoms in total. The topological polar surface area (TPSA) is 59.3 Å². The zero-order valence-electron chi connectivity index (χ0n) is 14.2. The number of hydrogen-bond donors (Lipinski definition) is 1. The van der Waals surface area contributed by atoms with Crippen LogP contribution in [0.1, 0.15) is 28.7 Å². The number of imidazole rings is 1. The number of nitrogens with zero attached hydrogens (tertiary/aromatic N) is 3. The monoisotopic (exact) mass is 342 g/mol. The lowest BCUT2D eigenvalue weighted by atomic mass is 10.1. The van der Waals surface area contributed by atoms with Gasteiger partial charge in [-0.1, -0.05) is 30.3 Å². The van der Waals surface area contributed by atoms with Crippen LogP contribution in [0.3, 0.4) is 0 Å². The maximum absolute atomic E-state index is 11.7. The first kappa shape index (κ1) is 16.8. The van der Waals surface area contributed by atoms with Gasteiger partial charge in [-0.3, -0.25) is 8.61 Å². The van der Waals surface area contributed by atoms with Crippen molar-refractivity contribution >= 4 is 16.6 Å². The van der Waals surface area contributed by atoms with E-state index in [1.54, 1.807) is 6.26 Å². The normalized spacial score (nSPS) is 14.0. The van der Waals surface area contributed by atoms with Crippen molar-refractivity contribution in [1.29, 1.82) is 0 Å². The average molecular weight is 342 g/mol. The third-order valence-electron chi connectivity index (χ3n) is 4.00. The molecule has 0 aliphatic rings. The Morgan fingerprint density at radius 2 is 2.00 bits per heavy atom. The first-order valence-electron chi connectivity index (χ1n) is 7.93. The molecule has 6 heteroatoms. The van der Waals surface area contributed by atoms with Crippen LogP contribution in [0.2, 0.25) is 0 Å². The molecule has 0 amide bonds. The third kappa shape index (κ3) is 3.71. The van der Waals surface area contributed by atoms with Crippen molar-refractivity contribution < 1.29 is 4.21 Å². The molecular formula is C18H22N4OS. The number of benzene rings is 1. The van der Waals surface area contributed by atoms with Gasteiger partial charge in [-0.15, -0.1) is 0 Å². The molecule has 2 atom stereocenters. The summed E-state index contributed by atoms with van der Waals surface area (Å²) in [5.74, 6) is 1.30. The molecule has 0 saturated heterocycles. The van der Waals surface area contributed by atoms with Gasteiger partial charge in [-0.2, -0.15) is 0 Å². The molecule has 0 bridgehead atoms. The Kier molecular flexibility index (Phi) is 5.06. The lowest BCUT2D eigenvalue weighted by molar-refractivity contribution is 0.565. The SMILES string of the molecule is Cc1cc(C)n2c(CN[C@H](C[S@@](C)=O)c3ccccc3)cnc2n1. The predicted octanol–water partition coefficient (Wildman–Crippen LogP) is 2.56. The molecule has 126 valence electrons. The van der Waals surface area contributed by atoms with Gasteiger partial charge in [0, 0.05) is 46.8 Å². The summed E-state index contributed by atoms with van der Waals surface area (Å²) in [5.41, 5.74) is 4.28. The Labute approximate surface area is 144 Å². The van der Waals surface area contributed by atoms with Gasteiger partial charge in [0.05, 0.1) is 11.9 Å². The van der Waals surface area contributed by atoms with E-state index in [0.717, 1.165) is 28.4 Å². The summed E-state index contributed by atoms with van der Waals surface area (Å²) in [6, 6.07) is 12.2. The number of hydrogen-bond acceptors (Lipinski definition) is 4. The number of nitrogens with one attached hydrogen (secondary N) is 1. The Bertz CT molecular complexity index is 860. The molecule has 0 fully saturated rings. The number of aromatic nitrogens is 3. The Morgan fingerprint density at radius 3 is 2.71 bits per heavy atom. The highest BCUT2D eigenvalue weighted by molar-refractivity contribution is 7.84. The molecule has 2 aromatic heterocycles. The number of rotatable bonds is 6. The van der Waals surface area contributed by atoms with Crippen molar-refractivity contribution in [3.8, 4) is 0 Å². The molecule has 1 aromatic carbocycles. The van der Waals surface area contributed by atoms with Gasteiger partial charge in [0.15, 0.2) is 0 Å². The first-order valence-corrected chi connectivity index (χ1v) is 9.66. The second kappa shape index (κ2) is 7.23. The molecule has 0 saturated carbocycles. The highest BCUT2D eigenvalue weighted by Gasteiger charge is 2.14. The van der Waals surface area contributed by atoms with Gasteiger partial charge in [0.2, 0.25) is 5.78 Å². The minimum absolute atomic E-state index is 0.0429. The van der Waals surface area contributed by atoms with Gasteiger partial charge >= 0.3 is 0 Å². The molecule has 0 aliphatic heterocycles. The van der Waals surface area contributed by atoms with Crippen LogP contribution in [0, 0.1) is 13.8 Å². The molecule has 0 unspecified atom stereocenters. The van der Waals surface area contributed by atoms with E-state index < -0.39 is 10.8 Å². The Balaban J connectivity index is 1.83. The van der Waals surface area contributed by atoms with Crippen LogP contribution >= 0.6 is 0 Å². The first-order chi connectivity index (χ1) is 11.5. The summed E-state index contributed by atoms with van der Waals surface area (Å²) in [5, 5.41) is 3.52. The number of aryl methyl sites for hydroxylation is 2. The summed E-state index contributed by atoms with van der Waals surface area (Å²) in [6.45, 7) is 4.67. The van der Waals surface area contributed by atoms with Crippen molar-refractivity contribution in [3.05, 3.63) is 65.2 Å². The zero-order chi connectivity index (χ0) is 17.1. The minimum atomic E-state index is -0.876. The second-order valence-corrected chi connectivity index (χ2v) is 7.49.